The van der Waals surface area contributed by atoms with Gasteiger partial charge in [0.15, 0.2) is 0 Å². The van der Waals surface area contributed by atoms with Crippen LogP contribution in [-0.4, -0.2) is 70.2 Å². The number of phenolic OH excluding ortho intramolecular Hbond substituents is 2. The van der Waals surface area contributed by atoms with E-state index in [2.05, 4.69) is 20.2 Å². The van der Waals surface area contributed by atoms with E-state index < -0.39 is 23.7 Å². The summed E-state index contributed by atoms with van der Waals surface area (Å²) in [7, 11) is 1.55. The van der Waals surface area contributed by atoms with E-state index in [0.717, 1.165) is 0 Å². The van der Waals surface area contributed by atoms with E-state index in [1.165, 1.54) is 6.07 Å². The summed E-state index contributed by atoms with van der Waals surface area (Å²) in [5.41, 5.74) is 0.931. The number of anilines is 1. The fourth-order valence-electron chi connectivity index (χ4n) is 6.39. The number of aromatic hydroxyl groups is 2. The number of allylic oxidation sites excluding steroid dienone is 1. The van der Waals surface area contributed by atoms with Gasteiger partial charge in [0.2, 0.25) is 11.9 Å². The molecule has 11 nitrogen and oxygen atoms in total. The molecule has 5 rings (SSSR count). The summed E-state index contributed by atoms with van der Waals surface area (Å²) >= 11 is 0. The summed E-state index contributed by atoms with van der Waals surface area (Å²) in [4.78, 5) is 50.2. The number of nitrogens with one attached hydrogen (secondary N) is 1. The van der Waals surface area contributed by atoms with Crippen LogP contribution in [0.2, 0.25) is 0 Å². The Morgan fingerprint density at radius 2 is 1.77 bits per heavy atom. The molecule has 2 unspecified atom stereocenters. The van der Waals surface area contributed by atoms with Crippen LogP contribution in [-0.2, 0) is 14.3 Å². The molecule has 0 spiro atoms. The molecule has 0 saturated carbocycles. The number of fused-ring (bicyclic) bond motifs is 1. The lowest BCUT2D eigenvalue weighted by Crippen LogP contribution is -2.45. The van der Waals surface area contributed by atoms with Gasteiger partial charge in [-0.3, -0.25) is 9.59 Å². The highest BCUT2D eigenvalue weighted by Crippen LogP contribution is 2.44. The van der Waals surface area contributed by atoms with Crippen molar-refractivity contribution < 1.29 is 34.1 Å². The van der Waals surface area contributed by atoms with Crippen molar-refractivity contribution in [3.8, 4) is 17.2 Å². The molecule has 0 aliphatic carbocycles. The third kappa shape index (κ3) is 8.70. The maximum absolute atomic E-state index is 13.6. The minimum absolute atomic E-state index is 0.0647. The Bertz CT molecular complexity index is 1600. The average Bonchev–Trinajstić information content (AvgIpc) is 3.08. The number of rotatable bonds is 7. The van der Waals surface area contributed by atoms with Gasteiger partial charge < -0.3 is 29.9 Å². The topological polar surface area (TPSA) is 151 Å². The molecule has 2 atom stereocenters. The molecule has 0 bridgehead atoms. The number of nitrogens with zero attached hydrogens (tertiary/aromatic N) is 3. The van der Waals surface area contributed by atoms with Crippen molar-refractivity contribution >= 4 is 29.7 Å². The predicted octanol–water partition coefficient (Wildman–Crippen LogP) is 5.69. The standard InChI is InChI=1S/C37H44N4O7/c1-24-8-6-11-28(42)10-5-3-4-9-26-22-31(43)34(35(45)33(26)36(46)48-24)30(25-12-14-29(47-2)15-13-25)23-32(44)40-27-16-20-41(21-17-27)37-38-18-7-19-39-37/h4,7,9,12-15,18-19,22,24,27,30,43,45H,3,5-6,8,10-11,16-17,20-21,23H2,1-2H3,(H,40,44). The van der Waals surface area contributed by atoms with Crippen LogP contribution in [0.25, 0.3) is 6.08 Å². The fourth-order valence-corrected chi connectivity index (χ4v) is 6.39. The number of piperidine rings is 1. The first-order valence-electron chi connectivity index (χ1n) is 16.7. The number of phenols is 2. The first-order chi connectivity index (χ1) is 23.2. The van der Waals surface area contributed by atoms with Crippen molar-refractivity contribution in [2.75, 3.05) is 25.1 Å². The number of esters is 1. The minimum Gasteiger partial charge on any atom is -0.507 e. The number of carbonyl (C=O) groups is 3. The highest BCUT2D eigenvalue weighted by atomic mass is 16.5. The van der Waals surface area contributed by atoms with Crippen molar-refractivity contribution in [2.24, 2.45) is 0 Å². The van der Waals surface area contributed by atoms with E-state index >= 15 is 0 Å². The van der Waals surface area contributed by atoms with Crippen LogP contribution in [0.1, 0.15) is 97.7 Å². The SMILES string of the molecule is COc1ccc(C(CC(=O)NC2CCN(c3ncccn3)CC2)c2c(O)cc3c(c2O)C(=O)OC(C)CCCC(=O)CCCC=C3)cc1. The number of cyclic esters (lactones) is 1. The predicted molar refractivity (Wildman–Crippen MR) is 181 cm³/mol. The lowest BCUT2D eigenvalue weighted by Gasteiger charge is -2.32. The Kier molecular flexibility index (Phi) is 11.7. The van der Waals surface area contributed by atoms with Gasteiger partial charge in [0, 0.05) is 62.3 Å². The van der Waals surface area contributed by atoms with Crippen LogP contribution in [0, 0.1) is 0 Å². The maximum atomic E-state index is 13.6. The number of hydrogen-bond donors (Lipinski definition) is 3. The summed E-state index contributed by atoms with van der Waals surface area (Å²) in [6.07, 6.45) is 10.9. The number of carbonyl (C=O) groups excluding carboxylic acids is 3. The second-order valence-electron chi connectivity index (χ2n) is 12.5. The molecule has 0 radical (unpaired) electrons. The number of ketones is 1. The van der Waals surface area contributed by atoms with Crippen LogP contribution in [0.3, 0.4) is 0 Å². The average molecular weight is 657 g/mol. The van der Waals surface area contributed by atoms with Gasteiger partial charge in [-0.15, -0.1) is 0 Å². The molecule has 3 heterocycles. The van der Waals surface area contributed by atoms with Crippen LogP contribution >= 0.6 is 0 Å². The molecular weight excluding hydrogens is 612 g/mol. The molecule has 48 heavy (non-hydrogen) atoms. The summed E-state index contributed by atoms with van der Waals surface area (Å²) in [5, 5.41) is 26.4. The van der Waals surface area contributed by atoms with Gasteiger partial charge in [-0.2, -0.15) is 0 Å². The van der Waals surface area contributed by atoms with Gasteiger partial charge in [-0.05, 0) is 80.8 Å². The number of benzene rings is 2. The number of Topliss-reactive ketones (excluding diaryl/α,β-unsaturated/α-hetero) is 1. The number of aromatic nitrogens is 2. The number of ether oxygens (including phenoxy) is 2. The number of hydrogen-bond acceptors (Lipinski definition) is 10. The fraction of sp³-hybridized carbons (Fsp3) is 0.432. The van der Waals surface area contributed by atoms with E-state index in [9.17, 15) is 24.6 Å². The van der Waals surface area contributed by atoms with Gasteiger partial charge in [-0.1, -0.05) is 24.3 Å². The molecule has 1 saturated heterocycles. The van der Waals surface area contributed by atoms with Crippen molar-refractivity contribution in [2.45, 2.75) is 82.8 Å². The Labute approximate surface area is 281 Å². The Morgan fingerprint density at radius 3 is 2.48 bits per heavy atom. The zero-order chi connectivity index (χ0) is 34.0. The molecule has 1 amide bonds. The molecule has 3 N–H and O–H groups in total. The first-order valence-corrected chi connectivity index (χ1v) is 16.7. The van der Waals surface area contributed by atoms with E-state index in [1.54, 1.807) is 62.8 Å². The second-order valence-corrected chi connectivity index (χ2v) is 12.5. The highest BCUT2D eigenvalue weighted by molar-refractivity contribution is 5.98. The quantitative estimate of drug-likeness (QED) is 0.271. The Morgan fingerprint density at radius 1 is 1.06 bits per heavy atom. The Hall–Kier alpha value is -4.93. The van der Waals surface area contributed by atoms with Crippen molar-refractivity contribution in [3.63, 3.8) is 0 Å². The molecule has 254 valence electrons. The van der Waals surface area contributed by atoms with Crippen LogP contribution in [0.5, 0.6) is 17.2 Å². The van der Waals surface area contributed by atoms with Crippen LogP contribution in [0.4, 0.5) is 5.95 Å². The zero-order valence-electron chi connectivity index (χ0n) is 27.6. The van der Waals surface area contributed by atoms with Gasteiger partial charge in [0.25, 0.3) is 0 Å². The van der Waals surface area contributed by atoms with E-state index in [4.69, 9.17) is 9.47 Å². The van der Waals surface area contributed by atoms with Crippen molar-refractivity contribution in [3.05, 3.63) is 77.1 Å². The molecule has 3 aromatic rings. The second kappa shape index (κ2) is 16.3. The monoisotopic (exact) mass is 656 g/mol. The van der Waals surface area contributed by atoms with Gasteiger partial charge in [0.05, 0.1) is 13.2 Å². The van der Waals surface area contributed by atoms with Crippen LogP contribution in [0.15, 0.2) is 54.9 Å². The van der Waals surface area contributed by atoms with Gasteiger partial charge in [0.1, 0.15) is 28.6 Å². The van der Waals surface area contributed by atoms with E-state index in [-0.39, 0.29) is 41.0 Å². The summed E-state index contributed by atoms with van der Waals surface area (Å²) in [6, 6.07) is 10.2. The third-order valence-electron chi connectivity index (χ3n) is 9.00. The molecular formula is C37H44N4O7. The normalized spacial score (nSPS) is 18.7. The lowest BCUT2D eigenvalue weighted by atomic mass is 9.84. The molecule has 11 heteroatoms. The smallest absolute Gasteiger partial charge is 0.342 e. The van der Waals surface area contributed by atoms with Crippen molar-refractivity contribution in [1.82, 2.24) is 15.3 Å². The van der Waals surface area contributed by atoms with Gasteiger partial charge in [-0.25, -0.2) is 14.8 Å². The highest BCUT2D eigenvalue weighted by Gasteiger charge is 2.32. The van der Waals surface area contributed by atoms with E-state index in [1.807, 2.05) is 6.08 Å². The molecule has 1 aromatic heterocycles. The van der Waals surface area contributed by atoms with Gasteiger partial charge >= 0.3 is 5.97 Å². The number of amides is 1. The van der Waals surface area contributed by atoms with Crippen LogP contribution < -0.4 is 15.0 Å². The largest absolute Gasteiger partial charge is 0.507 e. The molecule has 2 aliphatic rings. The summed E-state index contributed by atoms with van der Waals surface area (Å²) in [5.74, 6) is -1.03. The van der Waals surface area contributed by atoms with Crippen molar-refractivity contribution in [1.29, 1.82) is 0 Å². The number of methoxy groups -OCH3 is 1. The third-order valence-corrected chi connectivity index (χ3v) is 9.00. The van der Waals surface area contributed by atoms with E-state index in [0.29, 0.717) is 87.3 Å². The minimum atomic E-state index is -0.799. The first kappa shape index (κ1) is 34.4. The maximum Gasteiger partial charge on any atom is 0.342 e. The lowest BCUT2D eigenvalue weighted by molar-refractivity contribution is -0.122. The molecule has 2 aliphatic heterocycles. The zero-order valence-corrected chi connectivity index (χ0v) is 27.6. The summed E-state index contributed by atoms with van der Waals surface area (Å²) < 4.78 is 11.1. The molecule has 1 fully saturated rings. The molecule has 2 aromatic carbocycles. The Balaban J connectivity index is 1.44. The summed E-state index contributed by atoms with van der Waals surface area (Å²) in [6.45, 7) is 3.13.